The van der Waals surface area contributed by atoms with E-state index < -0.39 is 16.1 Å². The largest absolute Gasteiger partial charge is 0.392 e. The van der Waals surface area contributed by atoms with E-state index in [1.807, 2.05) is 0 Å². The summed E-state index contributed by atoms with van der Waals surface area (Å²) in [6.07, 6.45) is 1.33. The third-order valence-corrected chi connectivity index (χ3v) is 4.57. The highest BCUT2D eigenvalue weighted by molar-refractivity contribution is 7.89. The molecule has 0 aliphatic heterocycles. The maximum atomic E-state index is 12.3. The molecule has 7 nitrogen and oxygen atoms in total. The number of aliphatic hydroxyl groups is 1. The SMILES string of the molecule is Cc1noc(C)c1C(C)NS(=O)(=O)c1ccc(CO)cn1. The zero-order chi connectivity index (χ0) is 15.6. The Bertz CT molecular complexity index is 703. The fourth-order valence-electron chi connectivity index (χ4n) is 2.12. The Kier molecular flexibility index (Phi) is 4.40. The van der Waals surface area contributed by atoms with Gasteiger partial charge in [0.05, 0.1) is 12.3 Å². The lowest BCUT2D eigenvalue weighted by atomic mass is 10.1. The van der Waals surface area contributed by atoms with Gasteiger partial charge in [0.15, 0.2) is 5.03 Å². The molecule has 114 valence electrons. The van der Waals surface area contributed by atoms with Crippen LogP contribution in [0.3, 0.4) is 0 Å². The highest BCUT2D eigenvalue weighted by Crippen LogP contribution is 2.22. The van der Waals surface area contributed by atoms with Gasteiger partial charge >= 0.3 is 0 Å². The van der Waals surface area contributed by atoms with Gasteiger partial charge in [0.1, 0.15) is 5.76 Å². The monoisotopic (exact) mass is 311 g/mol. The first-order valence-corrected chi connectivity index (χ1v) is 7.84. The first-order chi connectivity index (χ1) is 9.85. The molecule has 2 aromatic heterocycles. The molecule has 0 aromatic carbocycles. The van der Waals surface area contributed by atoms with E-state index in [0.29, 0.717) is 22.6 Å². The quantitative estimate of drug-likeness (QED) is 0.860. The van der Waals surface area contributed by atoms with E-state index in [9.17, 15) is 8.42 Å². The van der Waals surface area contributed by atoms with E-state index in [1.54, 1.807) is 20.8 Å². The van der Waals surface area contributed by atoms with Crippen molar-refractivity contribution >= 4 is 10.0 Å². The number of pyridine rings is 1. The molecule has 8 heteroatoms. The van der Waals surface area contributed by atoms with E-state index in [1.165, 1.54) is 18.3 Å². The number of aromatic nitrogens is 2. The Labute approximate surface area is 123 Å². The number of nitrogens with zero attached hydrogens (tertiary/aromatic N) is 2. The fourth-order valence-corrected chi connectivity index (χ4v) is 3.27. The summed E-state index contributed by atoms with van der Waals surface area (Å²) in [6, 6.07) is 2.39. The molecule has 0 bridgehead atoms. The summed E-state index contributed by atoms with van der Waals surface area (Å²) in [5.41, 5.74) is 1.91. The van der Waals surface area contributed by atoms with Crippen molar-refractivity contribution in [1.82, 2.24) is 14.9 Å². The van der Waals surface area contributed by atoms with Crippen molar-refractivity contribution < 1.29 is 18.0 Å². The lowest BCUT2D eigenvalue weighted by molar-refractivity contribution is 0.281. The number of sulfonamides is 1. The summed E-state index contributed by atoms with van der Waals surface area (Å²) >= 11 is 0. The molecule has 0 aliphatic carbocycles. The highest BCUT2D eigenvalue weighted by atomic mass is 32.2. The molecule has 21 heavy (non-hydrogen) atoms. The van der Waals surface area contributed by atoms with Gasteiger partial charge in [0.2, 0.25) is 0 Å². The van der Waals surface area contributed by atoms with Crippen molar-refractivity contribution in [3.63, 3.8) is 0 Å². The van der Waals surface area contributed by atoms with Crippen LogP contribution >= 0.6 is 0 Å². The summed E-state index contributed by atoms with van der Waals surface area (Å²) in [5, 5.41) is 12.7. The maximum Gasteiger partial charge on any atom is 0.258 e. The molecule has 0 fully saturated rings. The van der Waals surface area contributed by atoms with Crippen molar-refractivity contribution in [2.45, 2.75) is 38.4 Å². The van der Waals surface area contributed by atoms with Crippen molar-refractivity contribution in [3.8, 4) is 0 Å². The van der Waals surface area contributed by atoms with Gasteiger partial charge in [-0.25, -0.2) is 18.1 Å². The molecule has 1 atom stereocenters. The normalized spacial score (nSPS) is 13.3. The number of aryl methyl sites for hydroxylation is 2. The van der Waals surface area contributed by atoms with Gasteiger partial charge in [-0.15, -0.1) is 0 Å². The van der Waals surface area contributed by atoms with Gasteiger partial charge < -0.3 is 9.63 Å². The summed E-state index contributed by atoms with van der Waals surface area (Å²) in [7, 11) is -3.76. The zero-order valence-corrected chi connectivity index (χ0v) is 12.8. The minimum atomic E-state index is -3.76. The average Bonchev–Trinajstić information content (AvgIpc) is 2.77. The van der Waals surface area contributed by atoms with Crippen molar-refractivity contribution in [2.75, 3.05) is 0 Å². The summed E-state index contributed by atoms with van der Waals surface area (Å²) in [4.78, 5) is 3.85. The molecule has 2 heterocycles. The van der Waals surface area contributed by atoms with Gasteiger partial charge in [0, 0.05) is 17.8 Å². The fraction of sp³-hybridized carbons (Fsp3) is 0.385. The number of hydrogen-bond donors (Lipinski definition) is 2. The average molecular weight is 311 g/mol. The van der Waals surface area contributed by atoms with E-state index in [0.717, 1.165) is 0 Å². The second-order valence-corrected chi connectivity index (χ2v) is 6.40. The molecule has 2 rings (SSSR count). The number of rotatable bonds is 5. The Balaban J connectivity index is 2.24. The lowest BCUT2D eigenvalue weighted by Gasteiger charge is -2.13. The molecule has 0 aliphatic rings. The second-order valence-electron chi connectivity index (χ2n) is 4.74. The van der Waals surface area contributed by atoms with Crippen LogP contribution in [0.15, 0.2) is 27.9 Å². The number of hydrogen-bond acceptors (Lipinski definition) is 6. The van der Waals surface area contributed by atoms with Crippen LogP contribution in [0.4, 0.5) is 0 Å². The standard InChI is InChI=1S/C13H17N3O4S/c1-8-13(10(3)20-15-8)9(2)16-21(18,19)12-5-4-11(7-17)6-14-12/h4-6,9,16-17H,7H2,1-3H3. The molecule has 1 unspecified atom stereocenters. The lowest BCUT2D eigenvalue weighted by Crippen LogP contribution is -2.28. The Morgan fingerprint density at radius 1 is 1.38 bits per heavy atom. The smallest absolute Gasteiger partial charge is 0.258 e. The van der Waals surface area contributed by atoms with Gasteiger partial charge in [-0.3, -0.25) is 0 Å². The molecule has 0 saturated heterocycles. The van der Waals surface area contributed by atoms with Gasteiger partial charge in [0.25, 0.3) is 10.0 Å². The van der Waals surface area contributed by atoms with Gasteiger partial charge in [-0.2, -0.15) is 0 Å². The van der Waals surface area contributed by atoms with Crippen LogP contribution < -0.4 is 4.72 Å². The number of nitrogens with one attached hydrogen (secondary N) is 1. The molecule has 0 saturated carbocycles. The third kappa shape index (κ3) is 3.29. The van der Waals surface area contributed by atoms with Crippen LogP contribution in [0.5, 0.6) is 0 Å². The summed E-state index contributed by atoms with van der Waals surface area (Å²) in [5.74, 6) is 0.575. The van der Waals surface area contributed by atoms with Crippen molar-refractivity contribution in [1.29, 1.82) is 0 Å². The molecule has 0 radical (unpaired) electrons. The van der Waals surface area contributed by atoms with Crippen LogP contribution in [0.1, 0.15) is 35.5 Å². The highest BCUT2D eigenvalue weighted by Gasteiger charge is 2.23. The predicted octanol–water partition coefficient (Wildman–Crippen LogP) is 1.22. The summed E-state index contributed by atoms with van der Waals surface area (Å²) in [6.45, 7) is 5.02. The number of aliphatic hydroxyl groups excluding tert-OH is 1. The van der Waals surface area contributed by atoms with Crippen molar-refractivity contribution in [2.24, 2.45) is 0 Å². The maximum absolute atomic E-state index is 12.3. The van der Waals surface area contributed by atoms with E-state index >= 15 is 0 Å². The molecule has 0 spiro atoms. The first kappa shape index (κ1) is 15.6. The Hall–Kier alpha value is -1.77. The van der Waals surface area contributed by atoms with E-state index in [-0.39, 0.29) is 11.6 Å². The van der Waals surface area contributed by atoms with E-state index in [4.69, 9.17) is 9.63 Å². The Morgan fingerprint density at radius 2 is 2.10 bits per heavy atom. The van der Waals surface area contributed by atoms with Crippen LogP contribution in [-0.2, 0) is 16.6 Å². The minimum Gasteiger partial charge on any atom is -0.392 e. The van der Waals surface area contributed by atoms with Crippen LogP contribution in [0, 0.1) is 13.8 Å². The molecular weight excluding hydrogens is 294 g/mol. The second kappa shape index (κ2) is 5.92. The zero-order valence-electron chi connectivity index (χ0n) is 12.0. The summed E-state index contributed by atoms with van der Waals surface area (Å²) < 4.78 is 32.1. The third-order valence-electron chi connectivity index (χ3n) is 3.11. The molecule has 2 aromatic rings. The topological polar surface area (TPSA) is 105 Å². The van der Waals surface area contributed by atoms with Crippen LogP contribution in [0.2, 0.25) is 0 Å². The van der Waals surface area contributed by atoms with E-state index in [2.05, 4.69) is 14.9 Å². The molecule has 2 N–H and O–H groups in total. The first-order valence-electron chi connectivity index (χ1n) is 6.36. The molecular formula is C13H17N3O4S. The van der Waals surface area contributed by atoms with Crippen LogP contribution in [-0.4, -0.2) is 23.7 Å². The molecule has 0 amide bonds. The minimum absolute atomic E-state index is 0.0988. The Morgan fingerprint density at radius 3 is 2.57 bits per heavy atom. The van der Waals surface area contributed by atoms with Gasteiger partial charge in [-0.05, 0) is 32.4 Å². The van der Waals surface area contributed by atoms with Crippen LogP contribution in [0.25, 0.3) is 0 Å². The van der Waals surface area contributed by atoms with Crippen molar-refractivity contribution in [3.05, 3.63) is 40.9 Å². The van der Waals surface area contributed by atoms with Gasteiger partial charge in [-0.1, -0.05) is 11.2 Å². The predicted molar refractivity (Wildman–Crippen MR) is 74.9 cm³/mol.